The molecule has 1 unspecified atom stereocenters. The van der Waals surface area contributed by atoms with Crippen molar-refractivity contribution in [3.05, 3.63) is 21.1 Å². The molecule has 2 nitrogen and oxygen atoms in total. The minimum absolute atomic E-state index is 0.0246. The highest BCUT2D eigenvalue weighted by Gasteiger charge is 2.39. The summed E-state index contributed by atoms with van der Waals surface area (Å²) in [6, 6.07) is 0. The zero-order chi connectivity index (χ0) is 13.6. The van der Waals surface area contributed by atoms with Crippen LogP contribution in [-0.2, 0) is 0 Å². The van der Waals surface area contributed by atoms with Gasteiger partial charge in [0.05, 0.1) is 10.2 Å². The van der Waals surface area contributed by atoms with E-state index in [0.29, 0.717) is 23.3 Å². The number of halogens is 4. The van der Waals surface area contributed by atoms with E-state index in [4.69, 9.17) is 11.6 Å². The van der Waals surface area contributed by atoms with Gasteiger partial charge in [0.15, 0.2) is 0 Å². The number of aromatic nitrogens is 2. The average Bonchev–Trinajstić information content (AvgIpc) is 3.15. The van der Waals surface area contributed by atoms with Crippen LogP contribution in [0, 0.1) is 0 Å². The maximum atomic E-state index is 13.5. The third-order valence-electron chi connectivity index (χ3n) is 3.82. The van der Waals surface area contributed by atoms with Crippen molar-refractivity contribution in [2.75, 3.05) is 0 Å². The molecule has 2 saturated carbocycles. The number of alkyl halides is 2. The summed E-state index contributed by atoms with van der Waals surface area (Å²) in [6.45, 7) is 0. The van der Waals surface area contributed by atoms with Gasteiger partial charge in [0.2, 0.25) is 5.92 Å². The predicted molar refractivity (Wildman–Crippen MR) is 72.9 cm³/mol. The van der Waals surface area contributed by atoms with Crippen molar-refractivity contribution in [2.24, 2.45) is 0 Å². The molecule has 2 aliphatic rings. The molecule has 0 amide bonds. The summed E-state index contributed by atoms with van der Waals surface area (Å²) < 4.78 is 27.7. The van der Waals surface area contributed by atoms with Gasteiger partial charge >= 0.3 is 0 Å². The lowest BCUT2D eigenvalue weighted by atomic mass is 9.86. The lowest BCUT2D eigenvalue weighted by Crippen LogP contribution is -2.26. The lowest BCUT2D eigenvalue weighted by Gasteiger charge is -2.28. The van der Waals surface area contributed by atoms with Crippen LogP contribution in [0.4, 0.5) is 8.78 Å². The Bertz CT molecular complexity index is 506. The Labute approximate surface area is 124 Å². The SMILES string of the molecule is FC1(F)CCCC(c2nc(Cl)c(Br)c(C3CC3)n2)C1. The van der Waals surface area contributed by atoms with Crippen molar-refractivity contribution in [3.8, 4) is 0 Å². The highest BCUT2D eigenvalue weighted by atomic mass is 79.9. The number of rotatable bonds is 2. The Morgan fingerprint density at radius 2 is 1.89 bits per heavy atom. The van der Waals surface area contributed by atoms with E-state index < -0.39 is 5.92 Å². The zero-order valence-electron chi connectivity index (χ0n) is 10.3. The van der Waals surface area contributed by atoms with Crippen molar-refractivity contribution in [1.29, 1.82) is 0 Å². The van der Waals surface area contributed by atoms with E-state index >= 15 is 0 Å². The Kier molecular flexibility index (Phi) is 3.54. The van der Waals surface area contributed by atoms with Crippen molar-refractivity contribution < 1.29 is 8.78 Å². The van der Waals surface area contributed by atoms with Crippen LogP contribution < -0.4 is 0 Å². The Hall–Kier alpha value is -0.290. The molecule has 2 fully saturated rings. The van der Waals surface area contributed by atoms with Gasteiger partial charge in [0.1, 0.15) is 11.0 Å². The maximum Gasteiger partial charge on any atom is 0.248 e. The van der Waals surface area contributed by atoms with E-state index in [9.17, 15) is 8.78 Å². The number of hydrogen-bond donors (Lipinski definition) is 0. The summed E-state index contributed by atoms with van der Waals surface area (Å²) >= 11 is 9.49. The van der Waals surface area contributed by atoms with Gasteiger partial charge in [-0.05, 0) is 41.6 Å². The van der Waals surface area contributed by atoms with Crippen molar-refractivity contribution in [3.63, 3.8) is 0 Å². The minimum Gasteiger partial charge on any atom is -0.236 e. The molecule has 6 heteroatoms. The van der Waals surface area contributed by atoms with E-state index in [1.165, 1.54) is 0 Å². The van der Waals surface area contributed by atoms with Crippen molar-refractivity contribution in [1.82, 2.24) is 9.97 Å². The Morgan fingerprint density at radius 1 is 1.16 bits per heavy atom. The van der Waals surface area contributed by atoms with Crippen LogP contribution in [0.3, 0.4) is 0 Å². The first-order valence-corrected chi connectivity index (χ1v) is 7.74. The molecular weight excluding hydrogens is 338 g/mol. The average molecular weight is 352 g/mol. The fraction of sp³-hybridized carbons (Fsp3) is 0.692. The predicted octanol–water partition coefficient (Wildman–Crippen LogP) is 5.06. The molecule has 1 atom stereocenters. The normalized spacial score (nSPS) is 26.4. The summed E-state index contributed by atoms with van der Waals surface area (Å²) in [5, 5.41) is 0.348. The van der Waals surface area contributed by atoms with Crippen LogP contribution in [0.1, 0.15) is 61.9 Å². The van der Waals surface area contributed by atoms with Gasteiger partial charge in [-0.3, -0.25) is 0 Å². The van der Waals surface area contributed by atoms with E-state index in [0.717, 1.165) is 29.4 Å². The Balaban J connectivity index is 1.92. The fourth-order valence-electron chi connectivity index (χ4n) is 2.65. The summed E-state index contributed by atoms with van der Waals surface area (Å²) in [7, 11) is 0. The van der Waals surface area contributed by atoms with Gasteiger partial charge < -0.3 is 0 Å². The molecule has 0 aromatic carbocycles. The van der Waals surface area contributed by atoms with Gasteiger partial charge in [-0.25, -0.2) is 18.7 Å². The zero-order valence-corrected chi connectivity index (χ0v) is 12.6. The van der Waals surface area contributed by atoms with E-state index in [1.54, 1.807) is 0 Å². The quantitative estimate of drug-likeness (QED) is 0.696. The topological polar surface area (TPSA) is 25.8 Å². The van der Waals surface area contributed by atoms with Gasteiger partial charge in [-0.2, -0.15) is 0 Å². The highest BCUT2D eigenvalue weighted by molar-refractivity contribution is 9.10. The first-order chi connectivity index (χ1) is 8.96. The first-order valence-electron chi connectivity index (χ1n) is 6.57. The smallest absolute Gasteiger partial charge is 0.236 e. The molecule has 0 aliphatic heterocycles. The van der Waals surface area contributed by atoms with Crippen LogP contribution in [0.15, 0.2) is 4.47 Å². The molecule has 3 rings (SSSR count). The van der Waals surface area contributed by atoms with E-state index in [-0.39, 0.29) is 18.8 Å². The first kappa shape index (κ1) is 13.7. The number of nitrogens with zero attached hydrogens (tertiary/aromatic N) is 2. The highest BCUT2D eigenvalue weighted by Crippen LogP contribution is 2.46. The second-order valence-corrected chi connectivity index (χ2v) is 6.65. The molecular formula is C13H14BrClF2N2. The van der Waals surface area contributed by atoms with Crippen LogP contribution in [-0.4, -0.2) is 15.9 Å². The monoisotopic (exact) mass is 350 g/mol. The number of hydrogen-bond acceptors (Lipinski definition) is 2. The largest absolute Gasteiger partial charge is 0.248 e. The minimum atomic E-state index is -2.59. The molecule has 19 heavy (non-hydrogen) atoms. The lowest BCUT2D eigenvalue weighted by molar-refractivity contribution is -0.0417. The third kappa shape index (κ3) is 2.92. The van der Waals surface area contributed by atoms with Crippen LogP contribution in [0.2, 0.25) is 5.15 Å². The molecule has 0 N–H and O–H groups in total. The summed E-state index contributed by atoms with van der Waals surface area (Å²) in [6.07, 6.45) is 3.24. The van der Waals surface area contributed by atoms with Crippen molar-refractivity contribution in [2.45, 2.75) is 56.3 Å². The fourth-order valence-corrected chi connectivity index (χ4v) is 3.34. The maximum absolute atomic E-state index is 13.5. The standard InChI is InChI=1S/C13H14BrClF2N2/c14-9-10(7-3-4-7)18-12(19-11(9)15)8-2-1-5-13(16,17)6-8/h7-8H,1-6H2. The summed E-state index contributed by atoms with van der Waals surface area (Å²) in [5.41, 5.74) is 0.892. The molecule has 0 bridgehead atoms. The second-order valence-electron chi connectivity index (χ2n) is 5.50. The van der Waals surface area contributed by atoms with Crippen LogP contribution in [0.5, 0.6) is 0 Å². The molecule has 104 valence electrons. The van der Waals surface area contributed by atoms with E-state index in [1.807, 2.05) is 0 Å². The molecule has 0 saturated heterocycles. The third-order valence-corrected chi connectivity index (χ3v) is 5.11. The van der Waals surface area contributed by atoms with Gasteiger partial charge in [0.25, 0.3) is 0 Å². The summed E-state index contributed by atoms with van der Waals surface area (Å²) in [5.74, 6) is -1.95. The molecule has 1 aromatic heterocycles. The molecule has 2 aliphatic carbocycles. The van der Waals surface area contributed by atoms with Crippen LogP contribution >= 0.6 is 27.5 Å². The van der Waals surface area contributed by atoms with Gasteiger partial charge in [-0.1, -0.05) is 11.6 Å². The van der Waals surface area contributed by atoms with Crippen LogP contribution in [0.25, 0.3) is 0 Å². The summed E-state index contributed by atoms with van der Waals surface area (Å²) in [4.78, 5) is 8.72. The molecule has 0 radical (unpaired) electrons. The second kappa shape index (κ2) is 4.92. The van der Waals surface area contributed by atoms with Gasteiger partial charge in [0, 0.05) is 24.7 Å². The Morgan fingerprint density at radius 3 is 2.53 bits per heavy atom. The molecule has 1 heterocycles. The van der Waals surface area contributed by atoms with Gasteiger partial charge in [-0.15, -0.1) is 0 Å². The van der Waals surface area contributed by atoms with Crippen molar-refractivity contribution >= 4 is 27.5 Å². The molecule has 1 aromatic rings. The molecule has 0 spiro atoms. The van der Waals surface area contributed by atoms with E-state index in [2.05, 4.69) is 25.9 Å².